The van der Waals surface area contributed by atoms with Crippen LogP contribution in [0.2, 0.25) is 5.02 Å². The molecule has 0 saturated heterocycles. The average molecular weight is 424 g/mol. The number of hydrogen-bond acceptors (Lipinski definition) is 4. The molecule has 2 amide bonds. The van der Waals surface area contributed by atoms with E-state index in [1.165, 1.54) is 25.1 Å². The number of nitrogens with zero attached hydrogens (tertiary/aromatic N) is 1. The van der Waals surface area contributed by atoms with Gasteiger partial charge in [0.15, 0.2) is 0 Å². The van der Waals surface area contributed by atoms with Crippen LogP contribution in [0.1, 0.15) is 21.5 Å². The molecule has 0 unspecified atom stereocenters. The van der Waals surface area contributed by atoms with Crippen LogP contribution in [0, 0.1) is 13.8 Å². The smallest absolute Gasteiger partial charge is 0.254 e. The van der Waals surface area contributed by atoms with E-state index < -0.39 is 21.8 Å². The highest BCUT2D eigenvalue weighted by atomic mass is 35.5. The van der Waals surface area contributed by atoms with Crippen LogP contribution in [0.4, 0.5) is 5.69 Å². The summed E-state index contributed by atoms with van der Waals surface area (Å²) in [5, 5.41) is 3.14. The summed E-state index contributed by atoms with van der Waals surface area (Å²) >= 11 is 5.89. The summed E-state index contributed by atoms with van der Waals surface area (Å²) in [6.07, 6.45) is 0. The second-order valence-electron chi connectivity index (χ2n) is 6.34. The Balaban J connectivity index is 2.20. The molecule has 9 heteroatoms. The van der Waals surface area contributed by atoms with Crippen molar-refractivity contribution < 1.29 is 18.0 Å². The summed E-state index contributed by atoms with van der Waals surface area (Å²) < 4.78 is 26.7. The molecule has 0 bridgehead atoms. The average Bonchev–Trinajstić information content (AvgIpc) is 2.62. The molecule has 7 nitrogen and oxygen atoms in total. The summed E-state index contributed by atoms with van der Waals surface area (Å²) in [5.74, 6) is -0.859. The van der Waals surface area contributed by atoms with Gasteiger partial charge in [-0.2, -0.15) is 0 Å². The summed E-state index contributed by atoms with van der Waals surface area (Å²) in [7, 11) is -0.929. The number of carbonyl (C=O) groups excluding carboxylic acids is 2. The number of anilines is 1. The van der Waals surface area contributed by atoms with Crippen LogP contribution in [0.5, 0.6) is 0 Å². The van der Waals surface area contributed by atoms with Crippen molar-refractivity contribution in [1.82, 2.24) is 9.62 Å². The van der Waals surface area contributed by atoms with Crippen molar-refractivity contribution in [2.45, 2.75) is 18.7 Å². The topological polar surface area (TPSA) is 95.6 Å². The van der Waals surface area contributed by atoms with Crippen molar-refractivity contribution in [3.05, 3.63) is 58.1 Å². The number of nitrogens with one attached hydrogen (secondary N) is 2. The Morgan fingerprint density at radius 3 is 2.43 bits per heavy atom. The molecule has 0 fully saturated rings. The minimum absolute atomic E-state index is 0.0372. The fourth-order valence-corrected chi connectivity index (χ4v) is 3.87. The summed E-state index contributed by atoms with van der Waals surface area (Å²) in [5.41, 5.74) is 1.94. The first-order valence-electron chi connectivity index (χ1n) is 8.41. The predicted molar refractivity (Wildman–Crippen MR) is 109 cm³/mol. The highest BCUT2D eigenvalue weighted by Crippen LogP contribution is 2.22. The molecule has 2 rings (SSSR count). The van der Waals surface area contributed by atoms with Crippen LogP contribution in [-0.2, 0) is 14.8 Å². The number of amides is 2. The van der Waals surface area contributed by atoms with Gasteiger partial charge in [-0.15, -0.1) is 0 Å². The van der Waals surface area contributed by atoms with Crippen molar-refractivity contribution in [3.8, 4) is 0 Å². The van der Waals surface area contributed by atoms with Crippen molar-refractivity contribution in [2.75, 3.05) is 26.0 Å². The third-order valence-electron chi connectivity index (χ3n) is 4.26. The van der Waals surface area contributed by atoms with Crippen molar-refractivity contribution >= 4 is 39.1 Å². The largest absolute Gasteiger partial charge is 0.332 e. The minimum Gasteiger partial charge on any atom is -0.332 e. The number of sulfonamides is 1. The van der Waals surface area contributed by atoms with E-state index in [9.17, 15) is 18.0 Å². The van der Waals surface area contributed by atoms with Gasteiger partial charge in [-0.25, -0.2) is 13.1 Å². The molecule has 28 heavy (non-hydrogen) atoms. The van der Waals surface area contributed by atoms with Gasteiger partial charge < -0.3 is 10.2 Å². The maximum Gasteiger partial charge on any atom is 0.254 e. The first-order chi connectivity index (χ1) is 13.0. The van der Waals surface area contributed by atoms with E-state index in [2.05, 4.69) is 10.0 Å². The summed E-state index contributed by atoms with van der Waals surface area (Å²) in [6, 6.07) is 9.60. The third-order valence-corrected chi connectivity index (χ3v) is 6.04. The van der Waals surface area contributed by atoms with Crippen LogP contribution in [0.3, 0.4) is 0 Å². The summed E-state index contributed by atoms with van der Waals surface area (Å²) in [4.78, 5) is 26.2. The van der Waals surface area contributed by atoms with Gasteiger partial charge in [0, 0.05) is 23.3 Å². The highest BCUT2D eigenvalue weighted by molar-refractivity contribution is 7.89. The van der Waals surface area contributed by atoms with Crippen molar-refractivity contribution in [1.29, 1.82) is 0 Å². The lowest BCUT2D eigenvalue weighted by Crippen LogP contribution is -2.35. The molecule has 2 aromatic carbocycles. The molecule has 0 spiro atoms. The molecule has 0 radical (unpaired) electrons. The van der Waals surface area contributed by atoms with E-state index in [1.807, 2.05) is 0 Å². The predicted octanol–water partition coefficient (Wildman–Crippen LogP) is 2.58. The first-order valence-corrected chi connectivity index (χ1v) is 10.3. The maximum absolute atomic E-state index is 12.7. The monoisotopic (exact) mass is 423 g/mol. The van der Waals surface area contributed by atoms with E-state index in [0.29, 0.717) is 21.8 Å². The van der Waals surface area contributed by atoms with Gasteiger partial charge in [0.1, 0.15) is 0 Å². The fraction of sp³-hybridized carbons (Fsp3) is 0.263. The minimum atomic E-state index is -3.71. The lowest BCUT2D eigenvalue weighted by atomic mass is 10.1. The van der Waals surface area contributed by atoms with Crippen molar-refractivity contribution in [2.24, 2.45) is 0 Å². The van der Waals surface area contributed by atoms with Gasteiger partial charge in [0.25, 0.3) is 5.91 Å². The standard InChI is InChI=1S/C19H22ClN3O4S/c1-12-8-14(9-17(13(12)2)28(26,27)21-3)19(25)23(4)11-18(24)22-16-7-5-6-15(20)10-16/h5-10,21H,11H2,1-4H3,(H,22,24). The van der Waals surface area contributed by atoms with E-state index in [1.54, 1.807) is 44.2 Å². The molecule has 0 aliphatic rings. The Morgan fingerprint density at radius 1 is 1.14 bits per heavy atom. The number of rotatable bonds is 6. The highest BCUT2D eigenvalue weighted by Gasteiger charge is 2.22. The van der Waals surface area contributed by atoms with Crippen LogP contribution in [0.15, 0.2) is 41.3 Å². The Kier molecular flexibility index (Phi) is 6.82. The number of halogens is 1. The van der Waals surface area contributed by atoms with E-state index in [4.69, 9.17) is 11.6 Å². The second-order valence-corrected chi connectivity index (χ2v) is 8.63. The Morgan fingerprint density at radius 2 is 1.82 bits per heavy atom. The van der Waals surface area contributed by atoms with E-state index >= 15 is 0 Å². The molecule has 0 heterocycles. The maximum atomic E-state index is 12.7. The molecule has 2 N–H and O–H groups in total. The zero-order valence-corrected chi connectivity index (χ0v) is 17.6. The van der Waals surface area contributed by atoms with Crippen molar-refractivity contribution in [3.63, 3.8) is 0 Å². The SMILES string of the molecule is CNS(=O)(=O)c1cc(C(=O)N(C)CC(=O)Nc2cccc(Cl)c2)cc(C)c1C. The lowest BCUT2D eigenvalue weighted by Gasteiger charge is -2.19. The molecule has 150 valence electrons. The normalized spacial score (nSPS) is 11.2. The van der Waals surface area contributed by atoms with E-state index in [0.717, 1.165) is 0 Å². The Labute approximate surface area is 169 Å². The molecular weight excluding hydrogens is 402 g/mol. The van der Waals surface area contributed by atoms with Crippen LogP contribution >= 0.6 is 11.6 Å². The Hall–Kier alpha value is -2.42. The molecular formula is C19H22ClN3O4S. The zero-order chi connectivity index (χ0) is 21.1. The van der Waals surface area contributed by atoms with Gasteiger partial charge >= 0.3 is 0 Å². The molecule has 0 aliphatic carbocycles. The van der Waals surface area contributed by atoms with Gasteiger partial charge in [-0.1, -0.05) is 17.7 Å². The summed E-state index contributed by atoms with van der Waals surface area (Å²) in [6.45, 7) is 3.20. The first kappa shape index (κ1) is 21.9. The van der Waals surface area contributed by atoms with Gasteiger partial charge in [-0.3, -0.25) is 9.59 Å². The number of carbonyl (C=O) groups is 2. The third kappa shape index (κ3) is 5.09. The molecule has 0 aliphatic heterocycles. The van der Waals surface area contributed by atoms with Gasteiger partial charge in [-0.05, 0) is 62.4 Å². The van der Waals surface area contributed by atoms with Gasteiger partial charge in [0.05, 0.1) is 11.4 Å². The lowest BCUT2D eigenvalue weighted by molar-refractivity contribution is -0.116. The second kappa shape index (κ2) is 8.72. The van der Waals surface area contributed by atoms with Crippen LogP contribution in [-0.4, -0.2) is 45.8 Å². The molecule has 2 aromatic rings. The number of hydrogen-bond donors (Lipinski definition) is 2. The molecule has 0 aromatic heterocycles. The molecule has 0 saturated carbocycles. The number of likely N-dealkylation sites (N-methyl/N-ethyl adjacent to an activating group) is 1. The van der Waals surface area contributed by atoms with Gasteiger partial charge in [0.2, 0.25) is 15.9 Å². The number of benzene rings is 2. The van der Waals surface area contributed by atoms with E-state index in [-0.39, 0.29) is 17.0 Å². The Bertz CT molecular complexity index is 1020. The zero-order valence-electron chi connectivity index (χ0n) is 16.0. The number of aryl methyl sites for hydroxylation is 1. The van der Waals surface area contributed by atoms with Crippen LogP contribution in [0.25, 0.3) is 0 Å². The van der Waals surface area contributed by atoms with Crippen LogP contribution < -0.4 is 10.0 Å². The molecule has 0 atom stereocenters. The quantitative estimate of drug-likeness (QED) is 0.746. The fourth-order valence-electron chi connectivity index (χ4n) is 2.61.